The molecular weight excluding hydrogens is 496 g/mol. The zero-order chi connectivity index (χ0) is 26.6. The van der Waals surface area contributed by atoms with Crippen molar-refractivity contribution in [3.63, 3.8) is 0 Å². The van der Waals surface area contributed by atoms with Crippen molar-refractivity contribution in [1.82, 2.24) is 30.1 Å². The summed E-state index contributed by atoms with van der Waals surface area (Å²) in [6.45, 7) is 2.22. The van der Waals surface area contributed by atoms with E-state index in [2.05, 4.69) is 37.5 Å². The molecule has 0 amide bonds. The Morgan fingerprint density at radius 1 is 1.13 bits per heavy atom. The van der Waals surface area contributed by atoms with Gasteiger partial charge in [0, 0.05) is 29.6 Å². The summed E-state index contributed by atoms with van der Waals surface area (Å²) < 4.78 is 18.9. The Kier molecular flexibility index (Phi) is 7.20. The first-order chi connectivity index (χ1) is 19.2. The van der Waals surface area contributed by atoms with Gasteiger partial charge in [-0.05, 0) is 65.2 Å². The molecule has 1 aliphatic rings. The number of tetrazole rings is 1. The summed E-state index contributed by atoms with van der Waals surface area (Å²) in [6, 6.07) is 20.8. The minimum Gasteiger partial charge on any atom is -0.497 e. The number of rotatable bonds is 10. The van der Waals surface area contributed by atoms with Gasteiger partial charge in [-0.3, -0.25) is 9.69 Å². The molecule has 1 saturated heterocycles. The molecule has 0 aliphatic carbocycles. The lowest BCUT2D eigenvalue weighted by Gasteiger charge is -2.30. The minimum absolute atomic E-state index is 0.0275. The monoisotopic (exact) mass is 526 g/mol. The molecule has 0 unspecified atom stereocenters. The van der Waals surface area contributed by atoms with Gasteiger partial charge >= 0.3 is 0 Å². The maximum atomic E-state index is 13.7. The van der Waals surface area contributed by atoms with Gasteiger partial charge in [0.1, 0.15) is 17.6 Å². The van der Waals surface area contributed by atoms with Crippen LogP contribution in [-0.2, 0) is 24.4 Å². The molecule has 200 valence electrons. The van der Waals surface area contributed by atoms with Gasteiger partial charge in [-0.25, -0.2) is 4.68 Å². The van der Waals surface area contributed by atoms with E-state index >= 15 is 0 Å². The quantitative estimate of drug-likeness (QED) is 0.290. The third kappa shape index (κ3) is 5.47. The molecule has 2 aromatic carbocycles. The van der Waals surface area contributed by atoms with Gasteiger partial charge < -0.3 is 18.9 Å². The van der Waals surface area contributed by atoms with Gasteiger partial charge in [0.05, 0.1) is 32.6 Å². The summed E-state index contributed by atoms with van der Waals surface area (Å²) in [6.07, 6.45) is 3.64. The van der Waals surface area contributed by atoms with Crippen LogP contribution in [-0.4, -0.2) is 49.9 Å². The number of fused-ring (bicyclic) bond motifs is 1. The molecule has 0 spiro atoms. The number of aromatic nitrogens is 5. The van der Waals surface area contributed by atoms with Gasteiger partial charge in [0.15, 0.2) is 5.82 Å². The number of nitrogens with zero attached hydrogens (tertiary/aromatic N) is 5. The highest BCUT2D eigenvalue weighted by atomic mass is 16.5. The molecule has 10 heteroatoms. The molecule has 2 atom stereocenters. The van der Waals surface area contributed by atoms with E-state index in [4.69, 9.17) is 13.9 Å². The number of methoxy groups -OCH3 is 1. The number of pyridine rings is 1. The topological polar surface area (TPSA) is 111 Å². The zero-order valence-electron chi connectivity index (χ0n) is 21.7. The first-order valence-electron chi connectivity index (χ1n) is 13.1. The first kappa shape index (κ1) is 25.0. The maximum absolute atomic E-state index is 13.7. The van der Waals surface area contributed by atoms with Crippen LogP contribution in [0.1, 0.15) is 41.6 Å². The van der Waals surface area contributed by atoms with Crippen LogP contribution in [0.5, 0.6) is 5.75 Å². The molecule has 1 aliphatic heterocycles. The van der Waals surface area contributed by atoms with Crippen LogP contribution in [0.25, 0.3) is 10.9 Å². The molecule has 39 heavy (non-hydrogen) atoms. The number of furan rings is 1. The van der Waals surface area contributed by atoms with E-state index in [-0.39, 0.29) is 11.7 Å². The smallest absolute Gasteiger partial charge is 0.253 e. The average molecular weight is 527 g/mol. The summed E-state index contributed by atoms with van der Waals surface area (Å²) in [5.74, 6) is 2.05. The molecule has 1 fully saturated rings. The highest BCUT2D eigenvalue weighted by Gasteiger charge is 2.32. The normalized spacial score (nSPS) is 16.2. The third-order valence-electron chi connectivity index (χ3n) is 7.11. The lowest BCUT2D eigenvalue weighted by molar-refractivity contribution is 0.0901. The molecule has 0 radical (unpaired) electrons. The summed E-state index contributed by atoms with van der Waals surface area (Å²) in [5, 5.41) is 13.7. The van der Waals surface area contributed by atoms with Crippen molar-refractivity contribution in [2.45, 2.75) is 44.6 Å². The number of hydrogen-bond donors (Lipinski definition) is 1. The van der Waals surface area contributed by atoms with Crippen LogP contribution in [0.4, 0.5) is 0 Å². The van der Waals surface area contributed by atoms with Crippen molar-refractivity contribution >= 4 is 10.9 Å². The lowest BCUT2D eigenvalue weighted by Crippen LogP contribution is -2.35. The SMILES string of the molecule is COc1ccc2[nH]c(=O)c([C@@H](c3nnnn3C[C@H]3CCCO3)N(Cc3ccccc3)Cc3ccco3)cc2c1. The van der Waals surface area contributed by atoms with E-state index in [0.717, 1.165) is 41.7 Å². The highest BCUT2D eigenvalue weighted by Crippen LogP contribution is 2.31. The van der Waals surface area contributed by atoms with Crippen molar-refractivity contribution in [2.75, 3.05) is 13.7 Å². The predicted octanol–water partition coefficient (Wildman–Crippen LogP) is 4.09. The van der Waals surface area contributed by atoms with Crippen molar-refractivity contribution in [3.8, 4) is 5.75 Å². The largest absolute Gasteiger partial charge is 0.497 e. The van der Waals surface area contributed by atoms with Crippen LogP contribution >= 0.6 is 0 Å². The Bertz CT molecular complexity index is 1570. The molecule has 1 N–H and O–H groups in total. The second-order valence-electron chi connectivity index (χ2n) is 9.73. The fourth-order valence-corrected chi connectivity index (χ4v) is 5.21. The van der Waals surface area contributed by atoms with E-state index < -0.39 is 6.04 Å². The second-order valence-corrected chi connectivity index (χ2v) is 9.73. The summed E-state index contributed by atoms with van der Waals surface area (Å²) in [4.78, 5) is 18.9. The fraction of sp³-hybridized carbons (Fsp3) is 0.310. The van der Waals surface area contributed by atoms with Gasteiger partial charge in [0.2, 0.25) is 0 Å². The van der Waals surface area contributed by atoms with Gasteiger partial charge in [0.25, 0.3) is 5.56 Å². The summed E-state index contributed by atoms with van der Waals surface area (Å²) >= 11 is 0. The Morgan fingerprint density at radius 3 is 2.79 bits per heavy atom. The van der Waals surface area contributed by atoms with Gasteiger partial charge in [-0.1, -0.05) is 30.3 Å². The Labute approximate surface area is 225 Å². The van der Waals surface area contributed by atoms with Crippen molar-refractivity contribution < 1.29 is 13.9 Å². The van der Waals surface area contributed by atoms with Crippen LogP contribution in [0.15, 0.2) is 82.2 Å². The van der Waals surface area contributed by atoms with Gasteiger partial charge in [-0.15, -0.1) is 5.10 Å². The number of benzene rings is 2. The third-order valence-corrected chi connectivity index (χ3v) is 7.11. The summed E-state index contributed by atoms with van der Waals surface area (Å²) in [5.41, 5.74) is 2.14. The number of H-pyrrole nitrogens is 1. The number of aromatic amines is 1. The number of nitrogens with one attached hydrogen (secondary N) is 1. The minimum atomic E-state index is -0.578. The maximum Gasteiger partial charge on any atom is 0.253 e. The van der Waals surface area contributed by atoms with Crippen LogP contribution in [0.3, 0.4) is 0 Å². The molecule has 0 saturated carbocycles. The molecule has 0 bridgehead atoms. The fourth-order valence-electron chi connectivity index (χ4n) is 5.21. The zero-order valence-corrected chi connectivity index (χ0v) is 21.7. The Hall–Kier alpha value is -4.28. The number of hydrogen-bond acceptors (Lipinski definition) is 8. The predicted molar refractivity (Wildman–Crippen MR) is 144 cm³/mol. The van der Waals surface area contributed by atoms with Crippen LogP contribution in [0, 0.1) is 0 Å². The average Bonchev–Trinajstić information content (AvgIpc) is 3.75. The van der Waals surface area contributed by atoms with Crippen molar-refractivity contribution in [1.29, 1.82) is 0 Å². The molecule has 3 aromatic heterocycles. The van der Waals surface area contributed by atoms with E-state index in [1.165, 1.54) is 0 Å². The molecule has 5 aromatic rings. The lowest BCUT2D eigenvalue weighted by atomic mass is 10.0. The van der Waals surface area contributed by atoms with E-state index in [0.29, 0.717) is 36.8 Å². The second kappa shape index (κ2) is 11.2. The Morgan fingerprint density at radius 2 is 2.03 bits per heavy atom. The van der Waals surface area contributed by atoms with Crippen LogP contribution < -0.4 is 10.3 Å². The highest BCUT2D eigenvalue weighted by molar-refractivity contribution is 5.80. The van der Waals surface area contributed by atoms with Gasteiger partial charge in [-0.2, -0.15) is 0 Å². The first-order valence-corrected chi connectivity index (χ1v) is 13.1. The molecule has 6 rings (SSSR count). The van der Waals surface area contributed by atoms with Crippen molar-refractivity contribution in [3.05, 3.63) is 106 Å². The van der Waals surface area contributed by atoms with E-state index in [9.17, 15) is 4.79 Å². The molecule has 4 heterocycles. The Balaban J connectivity index is 1.50. The van der Waals surface area contributed by atoms with Crippen LogP contribution in [0.2, 0.25) is 0 Å². The van der Waals surface area contributed by atoms with E-state index in [1.807, 2.05) is 54.6 Å². The molecular formula is C29H30N6O4. The van der Waals surface area contributed by atoms with E-state index in [1.54, 1.807) is 18.1 Å². The van der Waals surface area contributed by atoms with Crippen molar-refractivity contribution in [2.24, 2.45) is 0 Å². The number of ether oxygens (including phenoxy) is 2. The molecule has 10 nitrogen and oxygen atoms in total. The summed E-state index contributed by atoms with van der Waals surface area (Å²) in [7, 11) is 1.63. The standard InChI is InChI=1S/C29H30N6O4/c1-37-22-11-12-26-21(15-22)16-25(29(36)30-26)27(28-31-32-33-35(28)19-24-10-6-14-39-24)34(18-23-9-5-13-38-23)17-20-7-3-2-4-8-20/h2-5,7-9,11-13,15-16,24,27H,6,10,14,17-19H2,1H3,(H,30,36)/t24-,27+/m1/s1.